The fourth-order valence-electron chi connectivity index (χ4n) is 2.24. The highest BCUT2D eigenvalue weighted by Gasteiger charge is 2.24. The highest BCUT2D eigenvalue weighted by molar-refractivity contribution is 5.82. The van der Waals surface area contributed by atoms with Gasteiger partial charge in [0, 0.05) is 18.3 Å². The lowest BCUT2D eigenvalue weighted by Gasteiger charge is -2.17. The second kappa shape index (κ2) is 4.87. The van der Waals surface area contributed by atoms with Gasteiger partial charge in [-0.05, 0) is 33.2 Å². The smallest absolute Gasteiger partial charge is 0.237 e. The molecule has 0 aromatic carbocycles. The molecule has 1 aliphatic rings. The first-order valence-electron chi connectivity index (χ1n) is 6.12. The van der Waals surface area contributed by atoms with E-state index in [-0.39, 0.29) is 18.0 Å². The Balaban J connectivity index is 1.98. The maximum atomic E-state index is 11.9. The van der Waals surface area contributed by atoms with Crippen LogP contribution in [0.25, 0.3) is 0 Å². The average Bonchev–Trinajstić information content (AvgIpc) is 2.90. The van der Waals surface area contributed by atoms with Crippen LogP contribution in [0.2, 0.25) is 0 Å². The number of hydrogen-bond donors (Lipinski definition) is 2. The zero-order chi connectivity index (χ0) is 12.4. The molecule has 17 heavy (non-hydrogen) atoms. The minimum atomic E-state index is -0.0190. The molecule has 1 saturated heterocycles. The van der Waals surface area contributed by atoms with E-state index >= 15 is 0 Å². The van der Waals surface area contributed by atoms with Crippen molar-refractivity contribution in [1.29, 1.82) is 0 Å². The minimum absolute atomic E-state index is 0.0126. The number of amides is 1. The predicted octanol–water partition coefficient (Wildman–Crippen LogP) is 0.658. The molecule has 94 valence electrons. The van der Waals surface area contributed by atoms with Gasteiger partial charge in [0.2, 0.25) is 5.91 Å². The zero-order valence-corrected chi connectivity index (χ0v) is 10.7. The minimum Gasteiger partial charge on any atom is -0.348 e. The van der Waals surface area contributed by atoms with Gasteiger partial charge in [-0.25, -0.2) is 0 Å². The molecule has 5 nitrogen and oxygen atoms in total. The fraction of sp³-hybridized carbons (Fsp3) is 0.667. The van der Waals surface area contributed by atoms with Crippen LogP contribution >= 0.6 is 0 Å². The van der Waals surface area contributed by atoms with E-state index in [9.17, 15) is 4.79 Å². The van der Waals surface area contributed by atoms with E-state index in [1.54, 1.807) is 0 Å². The SMILES string of the molecule is Cc1c(C(C)NC(=O)[C@@H]2CCCN2)cnn1C. The van der Waals surface area contributed by atoms with Crippen LogP contribution in [-0.2, 0) is 11.8 Å². The molecule has 1 amide bonds. The Morgan fingerprint density at radius 2 is 2.47 bits per heavy atom. The molecule has 2 atom stereocenters. The van der Waals surface area contributed by atoms with Crippen molar-refractivity contribution in [1.82, 2.24) is 20.4 Å². The number of nitrogens with zero attached hydrogens (tertiary/aromatic N) is 2. The van der Waals surface area contributed by atoms with E-state index in [0.717, 1.165) is 30.6 Å². The van der Waals surface area contributed by atoms with Gasteiger partial charge in [0.1, 0.15) is 0 Å². The molecular weight excluding hydrogens is 216 g/mol. The van der Waals surface area contributed by atoms with E-state index in [2.05, 4.69) is 15.7 Å². The van der Waals surface area contributed by atoms with E-state index in [0.29, 0.717) is 0 Å². The first kappa shape index (κ1) is 12.1. The Bertz CT molecular complexity index is 407. The van der Waals surface area contributed by atoms with Gasteiger partial charge < -0.3 is 10.6 Å². The third-order valence-electron chi connectivity index (χ3n) is 3.48. The summed E-state index contributed by atoms with van der Waals surface area (Å²) in [5.41, 5.74) is 2.18. The fourth-order valence-corrected chi connectivity index (χ4v) is 2.24. The van der Waals surface area contributed by atoms with Crippen molar-refractivity contribution in [2.75, 3.05) is 6.54 Å². The second-order valence-electron chi connectivity index (χ2n) is 4.69. The van der Waals surface area contributed by atoms with Crippen molar-refractivity contribution in [3.8, 4) is 0 Å². The van der Waals surface area contributed by atoms with Crippen LogP contribution in [0.5, 0.6) is 0 Å². The molecule has 0 aliphatic carbocycles. The predicted molar refractivity (Wildman–Crippen MR) is 65.5 cm³/mol. The average molecular weight is 236 g/mol. The van der Waals surface area contributed by atoms with Crippen LogP contribution in [0.3, 0.4) is 0 Å². The molecule has 2 rings (SSSR count). The highest BCUT2D eigenvalue weighted by atomic mass is 16.2. The van der Waals surface area contributed by atoms with Crippen LogP contribution in [0.15, 0.2) is 6.20 Å². The second-order valence-corrected chi connectivity index (χ2v) is 4.69. The van der Waals surface area contributed by atoms with Crippen LogP contribution in [0.4, 0.5) is 0 Å². The number of hydrogen-bond acceptors (Lipinski definition) is 3. The van der Waals surface area contributed by atoms with Gasteiger partial charge in [0.05, 0.1) is 18.3 Å². The topological polar surface area (TPSA) is 59.0 Å². The molecule has 2 N–H and O–H groups in total. The van der Waals surface area contributed by atoms with Crippen LogP contribution in [0, 0.1) is 6.92 Å². The molecule has 5 heteroatoms. The third kappa shape index (κ3) is 2.49. The number of rotatable bonds is 3. The zero-order valence-electron chi connectivity index (χ0n) is 10.7. The van der Waals surface area contributed by atoms with Crippen LogP contribution in [0.1, 0.15) is 37.1 Å². The maximum Gasteiger partial charge on any atom is 0.237 e. The normalized spacial score (nSPS) is 21.5. The van der Waals surface area contributed by atoms with E-state index < -0.39 is 0 Å². The number of aryl methyl sites for hydroxylation is 1. The molecule has 0 spiro atoms. The molecule has 1 fully saturated rings. The van der Waals surface area contributed by atoms with E-state index in [1.165, 1.54) is 0 Å². The van der Waals surface area contributed by atoms with Gasteiger partial charge in [-0.3, -0.25) is 9.48 Å². The molecule has 1 unspecified atom stereocenters. The molecule has 0 bridgehead atoms. The molecule has 0 radical (unpaired) electrons. The maximum absolute atomic E-state index is 11.9. The standard InChI is InChI=1S/C12H20N4O/c1-8(10-7-14-16(3)9(10)2)15-12(17)11-5-4-6-13-11/h7-8,11,13H,4-6H2,1-3H3,(H,15,17)/t8?,11-/m0/s1. The van der Waals surface area contributed by atoms with Gasteiger partial charge in [0.25, 0.3) is 0 Å². The first-order chi connectivity index (χ1) is 8.09. The molecule has 1 aliphatic heterocycles. The Labute approximate surface area is 102 Å². The number of carbonyl (C=O) groups excluding carboxylic acids is 1. The van der Waals surface area contributed by atoms with Gasteiger partial charge in [-0.15, -0.1) is 0 Å². The van der Waals surface area contributed by atoms with Crippen molar-refractivity contribution >= 4 is 5.91 Å². The molecule has 2 heterocycles. The van der Waals surface area contributed by atoms with Gasteiger partial charge >= 0.3 is 0 Å². The molecule has 1 aromatic rings. The molecule has 1 aromatic heterocycles. The van der Waals surface area contributed by atoms with Gasteiger partial charge in [-0.2, -0.15) is 5.10 Å². The summed E-state index contributed by atoms with van der Waals surface area (Å²) in [6, 6.07) is -0.00646. The summed E-state index contributed by atoms with van der Waals surface area (Å²) in [4.78, 5) is 11.9. The van der Waals surface area contributed by atoms with Gasteiger partial charge in [-0.1, -0.05) is 0 Å². The van der Waals surface area contributed by atoms with E-state index in [1.807, 2.05) is 31.8 Å². The molecule has 0 saturated carbocycles. The number of nitrogens with one attached hydrogen (secondary N) is 2. The summed E-state index contributed by atoms with van der Waals surface area (Å²) in [6.45, 7) is 4.95. The number of carbonyl (C=O) groups is 1. The third-order valence-corrected chi connectivity index (χ3v) is 3.48. The Kier molecular flexibility index (Phi) is 3.47. The lowest BCUT2D eigenvalue weighted by Crippen LogP contribution is -2.41. The summed E-state index contributed by atoms with van der Waals surface area (Å²) >= 11 is 0. The Hall–Kier alpha value is -1.36. The quantitative estimate of drug-likeness (QED) is 0.810. The van der Waals surface area contributed by atoms with Crippen molar-refractivity contribution in [2.24, 2.45) is 7.05 Å². The Morgan fingerprint density at radius 1 is 1.71 bits per heavy atom. The van der Waals surface area contributed by atoms with Crippen molar-refractivity contribution in [2.45, 2.75) is 38.8 Å². The lowest BCUT2D eigenvalue weighted by atomic mass is 10.1. The van der Waals surface area contributed by atoms with Gasteiger partial charge in [0.15, 0.2) is 0 Å². The summed E-state index contributed by atoms with van der Waals surface area (Å²) in [5, 5.41) is 10.4. The summed E-state index contributed by atoms with van der Waals surface area (Å²) in [7, 11) is 1.91. The summed E-state index contributed by atoms with van der Waals surface area (Å²) in [6.07, 6.45) is 3.84. The monoisotopic (exact) mass is 236 g/mol. The van der Waals surface area contributed by atoms with Crippen LogP contribution in [-0.4, -0.2) is 28.3 Å². The lowest BCUT2D eigenvalue weighted by molar-refractivity contribution is -0.123. The summed E-state index contributed by atoms with van der Waals surface area (Å²) < 4.78 is 1.83. The molecular formula is C12H20N4O. The first-order valence-corrected chi connectivity index (χ1v) is 6.12. The van der Waals surface area contributed by atoms with E-state index in [4.69, 9.17) is 0 Å². The largest absolute Gasteiger partial charge is 0.348 e. The van der Waals surface area contributed by atoms with Crippen LogP contribution < -0.4 is 10.6 Å². The van der Waals surface area contributed by atoms with Crippen molar-refractivity contribution in [3.63, 3.8) is 0 Å². The summed E-state index contributed by atoms with van der Waals surface area (Å²) in [5.74, 6) is 0.0956. The highest BCUT2D eigenvalue weighted by Crippen LogP contribution is 2.16. The van der Waals surface area contributed by atoms with Crippen molar-refractivity contribution in [3.05, 3.63) is 17.5 Å². The Morgan fingerprint density at radius 3 is 3.00 bits per heavy atom. The van der Waals surface area contributed by atoms with Crippen molar-refractivity contribution < 1.29 is 4.79 Å². The number of aromatic nitrogens is 2.